The quantitative estimate of drug-likeness (QED) is 0.541. The van der Waals surface area contributed by atoms with E-state index in [9.17, 15) is 14.0 Å². The van der Waals surface area contributed by atoms with Crippen molar-refractivity contribution in [1.29, 1.82) is 0 Å². The van der Waals surface area contributed by atoms with Crippen LogP contribution in [0.5, 0.6) is 0 Å². The molecule has 4 aromatic rings. The van der Waals surface area contributed by atoms with Crippen LogP contribution in [0.4, 0.5) is 10.1 Å². The minimum atomic E-state index is -0.386. The zero-order chi connectivity index (χ0) is 20.5. The first-order valence-corrected chi connectivity index (χ1v) is 9.90. The molecule has 0 saturated heterocycles. The zero-order valence-electron chi connectivity index (χ0n) is 15.9. The number of thiophene rings is 1. The number of carbonyl (C=O) groups is 1. The molecular weight excluding hydrogens is 389 g/mol. The lowest BCUT2D eigenvalue weighted by Crippen LogP contribution is -2.27. The van der Waals surface area contributed by atoms with E-state index in [0.29, 0.717) is 15.9 Å². The van der Waals surface area contributed by atoms with Crippen molar-refractivity contribution in [3.63, 3.8) is 0 Å². The highest BCUT2D eigenvalue weighted by atomic mass is 32.1. The summed E-state index contributed by atoms with van der Waals surface area (Å²) in [4.78, 5) is 30.4. The number of nitrogens with zero attached hydrogens (tertiary/aromatic N) is 2. The average Bonchev–Trinajstić information content (AvgIpc) is 3.13. The molecule has 2 heterocycles. The van der Waals surface area contributed by atoms with Crippen LogP contribution in [0, 0.1) is 19.7 Å². The monoisotopic (exact) mass is 407 g/mol. The Morgan fingerprint density at radius 1 is 1.14 bits per heavy atom. The molecule has 146 valence electrons. The lowest BCUT2D eigenvalue weighted by molar-refractivity contribution is -0.116. The van der Waals surface area contributed by atoms with E-state index in [-0.39, 0.29) is 23.8 Å². The molecule has 29 heavy (non-hydrogen) atoms. The fourth-order valence-corrected chi connectivity index (χ4v) is 4.00. The molecule has 0 aliphatic carbocycles. The zero-order valence-corrected chi connectivity index (χ0v) is 16.7. The second-order valence-electron chi connectivity index (χ2n) is 6.86. The Hall–Kier alpha value is -3.32. The molecule has 0 unspecified atom stereocenters. The minimum Gasteiger partial charge on any atom is -0.325 e. The maximum atomic E-state index is 13.1. The van der Waals surface area contributed by atoms with Gasteiger partial charge in [0.25, 0.3) is 5.56 Å². The Labute approximate surface area is 170 Å². The van der Waals surface area contributed by atoms with Crippen molar-refractivity contribution in [3.05, 3.63) is 81.5 Å². The molecule has 7 heteroatoms. The third-order valence-corrected chi connectivity index (χ3v) is 5.71. The summed E-state index contributed by atoms with van der Waals surface area (Å²) in [7, 11) is 0. The van der Waals surface area contributed by atoms with Gasteiger partial charge in [0, 0.05) is 16.6 Å². The van der Waals surface area contributed by atoms with Crippen molar-refractivity contribution in [1.82, 2.24) is 9.55 Å². The molecule has 4 rings (SSSR count). The first-order valence-electron chi connectivity index (χ1n) is 9.02. The van der Waals surface area contributed by atoms with Gasteiger partial charge in [0.1, 0.15) is 17.2 Å². The van der Waals surface area contributed by atoms with E-state index in [1.807, 2.05) is 31.4 Å². The van der Waals surface area contributed by atoms with E-state index < -0.39 is 0 Å². The van der Waals surface area contributed by atoms with Crippen LogP contribution < -0.4 is 10.9 Å². The number of aromatic nitrogens is 2. The van der Waals surface area contributed by atoms with Crippen LogP contribution in [0.3, 0.4) is 0 Å². The molecule has 0 aliphatic rings. The highest BCUT2D eigenvalue weighted by Crippen LogP contribution is 2.31. The van der Waals surface area contributed by atoms with Crippen molar-refractivity contribution < 1.29 is 9.18 Å². The molecule has 0 spiro atoms. The van der Waals surface area contributed by atoms with E-state index >= 15 is 0 Å². The number of rotatable bonds is 4. The Morgan fingerprint density at radius 3 is 2.62 bits per heavy atom. The summed E-state index contributed by atoms with van der Waals surface area (Å²) in [6.07, 6.45) is 1.38. The van der Waals surface area contributed by atoms with Crippen molar-refractivity contribution in [2.24, 2.45) is 0 Å². The molecule has 2 aromatic heterocycles. The SMILES string of the molecule is Cc1ccc(-c2csc3ncn(CC(=O)Nc4ccc(F)cc4)c(=O)c23)cc1C. The summed E-state index contributed by atoms with van der Waals surface area (Å²) in [6, 6.07) is 11.5. The topological polar surface area (TPSA) is 64.0 Å². The second kappa shape index (κ2) is 7.60. The van der Waals surface area contributed by atoms with Gasteiger partial charge < -0.3 is 5.32 Å². The fourth-order valence-electron chi connectivity index (χ4n) is 3.09. The predicted octanol–water partition coefficient (Wildman–Crippen LogP) is 4.52. The second-order valence-corrected chi connectivity index (χ2v) is 7.72. The summed E-state index contributed by atoms with van der Waals surface area (Å²) < 4.78 is 14.3. The summed E-state index contributed by atoms with van der Waals surface area (Å²) in [5.41, 5.74) is 4.29. The van der Waals surface area contributed by atoms with E-state index in [0.717, 1.165) is 16.7 Å². The normalized spacial score (nSPS) is 11.0. The van der Waals surface area contributed by atoms with Gasteiger partial charge in [0.15, 0.2) is 0 Å². The molecule has 1 amide bonds. The standard InChI is InChI=1S/C22H18FN3O2S/c1-13-3-4-15(9-14(13)2)18-11-29-21-20(18)22(28)26(12-24-21)10-19(27)25-17-7-5-16(23)6-8-17/h3-9,11-12H,10H2,1-2H3,(H,25,27). The summed E-state index contributed by atoms with van der Waals surface area (Å²) in [6.45, 7) is 3.89. The molecule has 0 fully saturated rings. The van der Waals surface area contributed by atoms with Crippen LogP contribution in [-0.2, 0) is 11.3 Å². The summed E-state index contributed by atoms with van der Waals surface area (Å²) in [5, 5.41) is 5.09. The number of halogens is 1. The first-order chi connectivity index (χ1) is 13.9. The Balaban J connectivity index is 1.66. The van der Waals surface area contributed by atoms with Crippen molar-refractivity contribution in [2.45, 2.75) is 20.4 Å². The lowest BCUT2D eigenvalue weighted by atomic mass is 10.0. The third-order valence-electron chi connectivity index (χ3n) is 4.82. The van der Waals surface area contributed by atoms with E-state index in [4.69, 9.17) is 0 Å². The van der Waals surface area contributed by atoms with Gasteiger partial charge in [-0.05, 0) is 54.8 Å². The maximum absolute atomic E-state index is 13.1. The Kier molecular flexibility index (Phi) is 4.98. The Morgan fingerprint density at radius 2 is 1.90 bits per heavy atom. The minimum absolute atomic E-state index is 0.179. The van der Waals surface area contributed by atoms with Crippen LogP contribution in [0.1, 0.15) is 11.1 Å². The summed E-state index contributed by atoms with van der Waals surface area (Å²) >= 11 is 1.40. The van der Waals surface area contributed by atoms with Crippen molar-refractivity contribution >= 4 is 33.1 Å². The van der Waals surface area contributed by atoms with E-state index in [1.165, 1.54) is 52.1 Å². The average molecular weight is 407 g/mol. The van der Waals surface area contributed by atoms with Crippen LogP contribution >= 0.6 is 11.3 Å². The van der Waals surface area contributed by atoms with Gasteiger partial charge in [-0.1, -0.05) is 18.2 Å². The highest BCUT2D eigenvalue weighted by molar-refractivity contribution is 7.17. The predicted molar refractivity (Wildman–Crippen MR) is 114 cm³/mol. The number of benzene rings is 2. The molecule has 2 aromatic carbocycles. The first kappa shape index (κ1) is 19.0. The third kappa shape index (κ3) is 3.82. The van der Waals surface area contributed by atoms with Crippen LogP contribution in [0.2, 0.25) is 0 Å². The lowest BCUT2D eigenvalue weighted by Gasteiger charge is -2.08. The molecule has 0 saturated carbocycles. The van der Waals surface area contributed by atoms with Gasteiger partial charge in [0.2, 0.25) is 5.91 Å². The number of hydrogen-bond donors (Lipinski definition) is 1. The van der Waals surface area contributed by atoms with E-state index in [1.54, 1.807) is 0 Å². The number of nitrogens with one attached hydrogen (secondary N) is 1. The highest BCUT2D eigenvalue weighted by Gasteiger charge is 2.15. The van der Waals surface area contributed by atoms with Crippen LogP contribution in [0.15, 0.2) is 59.0 Å². The fraction of sp³-hybridized carbons (Fsp3) is 0.136. The molecule has 1 N–H and O–H groups in total. The van der Waals surface area contributed by atoms with Gasteiger partial charge in [-0.2, -0.15) is 0 Å². The maximum Gasteiger partial charge on any atom is 0.263 e. The molecule has 0 aliphatic heterocycles. The van der Waals surface area contributed by atoms with E-state index in [2.05, 4.69) is 16.4 Å². The van der Waals surface area contributed by atoms with Gasteiger partial charge in [-0.3, -0.25) is 14.2 Å². The number of carbonyl (C=O) groups excluding carboxylic acids is 1. The molecule has 0 bridgehead atoms. The summed E-state index contributed by atoms with van der Waals surface area (Å²) in [5.74, 6) is -0.770. The molecule has 5 nitrogen and oxygen atoms in total. The van der Waals surface area contributed by atoms with Gasteiger partial charge in [-0.25, -0.2) is 9.37 Å². The number of aryl methyl sites for hydroxylation is 2. The number of anilines is 1. The molecule has 0 atom stereocenters. The Bertz CT molecular complexity index is 1280. The van der Waals surface area contributed by atoms with Crippen molar-refractivity contribution in [3.8, 4) is 11.1 Å². The largest absolute Gasteiger partial charge is 0.325 e. The van der Waals surface area contributed by atoms with Gasteiger partial charge in [0.05, 0.1) is 11.7 Å². The van der Waals surface area contributed by atoms with Crippen LogP contribution in [-0.4, -0.2) is 15.5 Å². The smallest absolute Gasteiger partial charge is 0.263 e. The van der Waals surface area contributed by atoms with Crippen LogP contribution in [0.25, 0.3) is 21.3 Å². The van der Waals surface area contributed by atoms with Gasteiger partial charge >= 0.3 is 0 Å². The van der Waals surface area contributed by atoms with Gasteiger partial charge in [-0.15, -0.1) is 11.3 Å². The number of amides is 1. The number of fused-ring (bicyclic) bond motifs is 1. The van der Waals surface area contributed by atoms with Crippen molar-refractivity contribution in [2.75, 3.05) is 5.32 Å². The molecular formula is C22H18FN3O2S. The molecule has 0 radical (unpaired) electrons. The number of hydrogen-bond acceptors (Lipinski definition) is 4.